The number of benzene rings is 1. The number of carbonyl (C=O) groups excluding carboxylic acids is 1. The van der Waals surface area contributed by atoms with Crippen LogP contribution in [0.5, 0.6) is 0 Å². The number of hydrogen-bond donors (Lipinski definition) is 2. The molecule has 9 heteroatoms. The number of hydrogen-bond acceptors (Lipinski definition) is 7. The molecule has 33 heavy (non-hydrogen) atoms. The van der Waals surface area contributed by atoms with Gasteiger partial charge in [0.2, 0.25) is 5.95 Å². The molecule has 2 N–H and O–H groups in total. The van der Waals surface area contributed by atoms with Crippen molar-refractivity contribution in [3.8, 4) is 0 Å². The molecule has 3 aliphatic rings. The molecule has 1 aromatic carbocycles. The average Bonchev–Trinajstić information content (AvgIpc) is 3.44. The summed E-state index contributed by atoms with van der Waals surface area (Å²) >= 11 is 6.25. The van der Waals surface area contributed by atoms with Gasteiger partial charge in [0.25, 0.3) is 5.91 Å². The maximum atomic E-state index is 13.1. The Morgan fingerprint density at radius 2 is 2.09 bits per heavy atom. The van der Waals surface area contributed by atoms with Crippen molar-refractivity contribution in [2.45, 2.75) is 32.4 Å². The summed E-state index contributed by atoms with van der Waals surface area (Å²) in [6.07, 6.45) is 6.51. The predicted octanol–water partition coefficient (Wildman–Crippen LogP) is 3.67. The van der Waals surface area contributed by atoms with E-state index in [1.165, 1.54) is 12.1 Å². The normalized spacial score (nSPS) is 22.8. The Kier molecular flexibility index (Phi) is 5.72. The zero-order valence-electron chi connectivity index (χ0n) is 19.0. The van der Waals surface area contributed by atoms with E-state index in [0.29, 0.717) is 46.8 Å². The molecule has 4 heterocycles. The minimum atomic E-state index is -0.165. The highest BCUT2D eigenvalue weighted by Gasteiger charge is 2.37. The molecule has 1 aromatic heterocycles. The van der Waals surface area contributed by atoms with E-state index < -0.39 is 0 Å². The van der Waals surface area contributed by atoms with Crippen molar-refractivity contribution in [3.05, 3.63) is 58.9 Å². The van der Waals surface area contributed by atoms with Crippen molar-refractivity contribution in [1.82, 2.24) is 20.2 Å². The molecule has 2 atom stereocenters. The van der Waals surface area contributed by atoms with E-state index in [4.69, 9.17) is 11.6 Å². The molecule has 172 valence electrons. The fourth-order valence-corrected chi connectivity index (χ4v) is 5.01. The summed E-state index contributed by atoms with van der Waals surface area (Å²) in [4.78, 5) is 28.2. The molecule has 1 amide bonds. The number of allylic oxidation sites excluding steroid dienone is 3. The van der Waals surface area contributed by atoms with Crippen LogP contribution in [-0.4, -0.2) is 59.7 Å². The second kappa shape index (κ2) is 8.68. The molecule has 5 rings (SSSR count). The van der Waals surface area contributed by atoms with Crippen LogP contribution in [0.3, 0.4) is 0 Å². The van der Waals surface area contributed by atoms with E-state index in [0.717, 1.165) is 18.8 Å². The van der Waals surface area contributed by atoms with Gasteiger partial charge in [0.05, 0.1) is 12.4 Å². The minimum absolute atomic E-state index is 0.165. The van der Waals surface area contributed by atoms with Crippen LogP contribution in [-0.2, 0) is 0 Å². The van der Waals surface area contributed by atoms with Crippen LogP contribution in [0.1, 0.15) is 30.6 Å². The van der Waals surface area contributed by atoms with Crippen LogP contribution >= 0.6 is 11.6 Å². The average molecular weight is 466 g/mol. The second-order valence-electron chi connectivity index (χ2n) is 8.74. The number of halogens is 1. The number of amides is 1. The highest BCUT2D eigenvalue weighted by molar-refractivity contribution is 6.30. The molecular formula is C24H28ClN7O. The first-order chi connectivity index (χ1) is 15.9. The van der Waals surface area contributed by atoms with Gasteiger partial charge in [-0.25, -0.2) is 4.98 Å². The third-order valence-electron chi connectivity index (χ3n) is 6.44. The largest absolute Gasteiger partial charge is 0.366 e. The molecule has 0 saturated carbocycles. The fraction of sp³-hybridized carbons (Fsp3) is 0.375. The molecule has 2 aromatic rings. The van der Waals surface area contributed by atoms with Gasteiger partial charge in [0.15, 0.2) is 0 Å². The summed E-state index contributed by atoms with van der Waals surface area (Å²) in [6.45, 7) is 6.16. The smallest absolute Gasteiger partial charge is 0.265 e. The molecular weight excluding hydrogens is 438 g/mol. The van der Waals surface area contributed by atoms with Crippen LogP contribution < -0.4 is 20.4 Å². The molecule has 0 spiro atoms. The topological polar surface area (TPSA) is 76.6 Å². The number of carbonyl (C=O) groups is 1. The fourth-order valence-electron chi connectivity index (χ4n) is 4.84. The SMILES string of the molecule is C/C=C\C(=C(/C)Cl)N1CN(C)c2nc(Nc3ccc(N4C[C@@H]5C[C@H]4CN5)cc3)ncc2C1=O. The zero-order chi connectivity index (χ0) is 23.1. The number of rotatable bonds is 5. The van der Waals surface area contributed by atoms with Gasteiger partial charge < -0.3 is 20.4 Å². The predicted molar refractivity (Wildman–Crippen MR) is 132 cm³/mol. The lowest BCUT2D eigenvalue weighted by Gasteiger charge is -2.35. The summed E-state index contributed by atoms with van der Waals surface area (Å²) in [5.74, 6) is 0.885. The number of fused-ring (bicyclic) bond motifs is 3. The number of aromatic nitrogens is 2. The minimum Gasteiger partial charge on any atom is -0.366 e. The molecule has 2 fully saturated rings. The van der Waals surface area contributed by atoms with Gasteiger partial charge in [-0.05, 0) is 50.6 Å². The van der Waals surface area contributed by atoms with Gasteiger partial charge in [0, 0.05) is 54.8 Å². The molecule has 0 aliphatic carbocycles. The van der Waals surface area contributed by atoms with Crippen molar-refractivity contribution in [2.75, 3.05) is 41.9 Å². The summed E-state index contributed by atoms with van der Waals surface area (Å²) in [6, 6.07) is 9.58. The van der Waals surface area contributed by atoms with Crippen molar-refractivity contribution >= 4 is 40.6 Å². The lowest BCUT2D eigenvalue weighted by atomic mass is 10.2. The van der Waals surface area contributed by atoms with E-state index in [1.54, 1.807) is 18.0 Å². The third-order valence-corrected chi connectivity index (χ3v) is 6.63. The molecule has 0 radical (unpaired) electrons. The van der Waals surface area contributed by atoms with E-state index in [2.05, 4.69) is 37.6 Å². The van der Waals surface area contributed by atoms with Crippen LogP contribution in [0.25, 0.3) is 0 Å². The number of anilines is 4. The molecule has 2 saturated heterocycles. The Hall–Kier alpha value is -3.10. The summed E-state index contributed by atoms with van der Waals surface area (Å²) < 4.78 is 0. The monoisotopic (exact) mass is 465 g/mol. The first kappa shape index (κ1) is 21.7. The van der Waals surface area contributed by atoms with E-state index in [-0.39, 0.29) is 5.91 Å². The number of piperazine rings is 1. The van der Waals surface area contributed by atoms with Crippen LogP contribution in [0.15, 0.2) is 53.3 Å². The van der Waals surface area contributed by atoms with Gasteiger partial charge in [-0.3, -0.25) is 9.69 Å². The first-order valence-corrected chi connectivity index (χ1v) is 11.6. The summed E-state index contributed by atoms with van der Waals surface area (Å²) in [5.41, 5.74) is 3.27. The zero-order valence-corrected chi connectivity index (χ0v) is 19.8. The Labute approximate surface area is 198 Å². The lowest BCUT2D eigenvalue weighted by molar-refractivity contribution is 0.0798. The van der Waals surface area contributed by atoms with Crippen molar-refractivity contribution in [3.63, 3.8) is 0 Å². The quantitative estimate of drug-likeness (QED) is 0.652. The van der Waals surface area contributed by atoms with Gasteiger partial charge in [-0.15, -0.1) is 0 Å². The Morgan fingerprint density at radius 1 is 1.30 bits per heavy atom. The molecule has 2 bridgehead atoms. The van der Waals surface area contributed by atoms with Crippen molar-refractivity contribution in [1.29, 1.82) is 0 Å². The van der Waals surface area contributed by atoms with E-state index in [9.17, 15) is 4.79 Å². The Morgan fingerprint density at radius 3 is 2.73 bits per heavy atom. The standard InChI is InChI=1S/C24H28ClN7O/c1-4-5-21(15(2)25)32-14-30(3)22-20(23(32)33)12-27-24(29-22)28-16-6-8-18(9-7-16)31-13-17-10-19(31)11-26-17/h4-9,12,17,19,26H,10-11,13-14H2,1-3H3,(H,27,28,29)/b5-4-,21-15-/t17-,19-/m0/s1. The highest BCUT2D eigenvalue weighted by Crippen LogP contribution is 2.32. The maximum absolute atomic E-state index is 13.1. The van der Waals surface area contributed by atoms with Gasteiger partial charge in [0.1, 0.15) is 11.4 Å². The Balaban J connectivity index is 1.33. The first-order valence-electron chi connectivity index (χ1n) is 11.2. The summed E-state index contributed by atoms with van der Waals surface area (Å²) in [5, 5.41) is 7.36. The van der Waals surface area contributed by atoms with Crippen molar-refractivity contribution in [2.24, 2.45) is 0 Å². The lowest BCUT2D eigenvalue weighted by Crippen LogP contribution is -2.45. The molecule has 3 aliphatic heterocycles. The van der Waals surface area contributed by atoms with Gasteiger partial charge in [-0.2, -0.15) is 4.98 Å². The highest BCUT2D eigenvalue weighted by atomic mass is 35.5. The third kappa shape index (κ3) is 4.05. The van der Waals surface area contributed by atoms with Crippen LogP contribution in [0.4, 0.5) is 23.1 Å². The van der Waals surface area contributed by atoms with Crippen molar-refractivity contribution < 1.29 is 4.79 Å². The second-order valence-corrected chi connectivity index (χ2v) is 9.31. The van der Waals surface area contributed by atoms with Crippen LogP contribution in [0, 0.1) is 0 Å². The molecule has 0 unspecified atom stereocenters. The Bertz CT molecular complexity index is 1130. The maximum Gasteiger partial charge on any atom is 0.265 e. The number of nitrogens with zero attached hydrogens (tertiary/aromatic N) is 5. The number of nitrogens with one attached hydrogen (secondary N) is 2. The van der Waals surface area contributed by atoms with Gasteiger partial charge in [-0.1, -0.05) is 17.7 Å². The van der Waals surface area contributed by atoms with E-state index >= 15 is 0 Å². The van der Waals surface area contributed by atoms with Crippen LogP contribution in [0.2, 0.25) is 0 Å². The van der Waals surface area contributed by atoms with Gasteiger partial charge >= 0.3 is 0 Å². The molecule has 8 nitrogen and oxygen atoms in total. The van der Waals surface area contributed by atoms with E-state index in [1.807, 2.05) is 43.2 Å². The summed E-state index contributed by atoms with van der Waals surface area (Å²) in [7, 11) is 1.90.